The minimum absolute atomic E-state index is 0. The van der Waals surface area contributed by atoms with Gasteiger partial charge in [-0.2, -0.15) is 8.78 Å². The molecule has 0 unspecified atom stereocenters. The Balaban J connectivity index is 0.00000289. The van der Waals surface area contributed by atoms with Crippen molar-refractivity contribution in [2.24, 2.45) is 11.5 Å². The highest BCUT2D eigenvalue weighted by molar-refractivity contribution is 5.85. The van der Waals surface area contributed by atoms with Crippen LogP contribution in [-0.2, 0) is 0 Å². The average molecular weight is 281 g/mol. The molecular weight excluding hydrogens is 262 g/mol. The first-order valence-electron chi connectivity index (χ1n) is 5.64. The number of ether oxygens (including phenoxy) is 1. The van der Waals surface area contributed by atoms with Crippen LogP contribution in [0, 0.1) is 0 Å². The lowest BCUT2D eigenvalue weighted by Crippen LogP contribution is -2.11. The molecule has 0 aromatic heterocycles. The standard InChI is InChI=1S/C12H18F2N2O.ClH/c13-12(14)17-10-5-3-4-9(8-10)11(16)6-1-2-7-15;/h3-5,8,11-12H,1-2,6-7,15-16H2;1H/t11-;/m1./s1. The molecule has 0 aliphatic carbocycles. The van der Waals surface area contributed by atoms with Crippen LogP contribution in [0.25, 0.3) is 0 Å². The lowest BCUT2D eigenvalue weighted by atomic mass is 10.0. The maximum atomic E-state index is 12.0. The monoisotopic (exact) mass is 280 g/mol. The molecule has 0 aliphatic heterocycles. The number of benzene rings is 1. The topological polar surface area (TPSA) is 61.3 Å². The predicted molar refractivity (Wildman–Crippen MR) is 70.2 cm³/mol. The third kappa shape index (κ3) is 6.14. The van der Waals surface area contributed by atoms with Gasteiger partial charge in [0.15, 0.2) is 0 Å². The van der Waals surface area contributed by atoms with Gasteiger partial charge in [-0.05, 0) is 37.1 Å². The van der Waals surface area contributed by atoms with Gasteiger partial charge in [0.1, 0.15) is 5.75 Å². The molecule has 0 fully saturated rings. The largest absolute Gasteiger partial charge is 0.435 e. The lowest BCUT2D eigenvalue weighted by molar-refractivity contribution is -0.0499. The number of hydrogen-bond acceptors (Lipinski definition) is 3. The van der Waals surface area contributed by atoms with E-state index in [2.05, 4.69) is 4.74 Å². The molecule has 1 atom stereocenters. The SMILES string of the molecule is Cl.NCCCC[C@@H](N)c1cccc(OC(F)F)c1. The molecule has 104 valence electrons. The van der Waals surface area contributed by atoms with Crippen molar-refractivity contribution in [2.75, 3.05) is 6.54 Å². The number of unbranched alkanes of at least 4 members (excludes halogenated alkanes) is 1. The summed E-state index contributed by atoms with van der Waals surface area (Å²) in [6.07, 6.45) is 2.63. The van der Waals surface area contributed by atoms with Gasteiger partial charge in [-0.25, -0.2) is 0 Å². The molecular formula is C12H19ClF2N2O. The van der Waals surface area contributed by atoms with Crippen LogP contribution in [0.2, 0.25) is 0 Å². The maximum Gasteiger partial charge on any atom is 0.387 e. The van der Waals surface area contributed by atoms with Gasteiger partial charge in [0.2, 0.25) is 0 Å². The van der Waals surface area contributed by atoms with Gasteiger partial charge >= 0.3 is 6.61 Å². The normalized spacial score (nSPS) is 12.1. The Kier molecular flexibility index (Phi) is 8.62. The third-order valence-electron chi connectivity index (χ3n) is 2.48. The van der Waals surface area contributed by atoms with Crippen LogP contribution in [0.3, 0.4) is 0 Å². The fourth-order valence-electron chi connectivity index (χ4n) is 1.60. The zero-order chi connectivity index (χ0) is 12.7. The minimum Gasteiger partial charge on any atom is -0.435 e. The van der Waals surface area contributed by atoms with E-state index in [1.807, 2.05) is 6.07 Å². The summed E-state index contributed by atoms with van der Waals surface area (Å²) in [6.45, 7) is -2.17. The van der Waals surface area contributed by atoms with Crippen LogP contribution in [0.5, 0.6) is 5.75 Å². The summed E-state index contributed by atoms with van der Waals surface area (Å²) >= 11 is 0. The zero-order valence-electron chi connectivity index (χ0n) is 10.0. The summed E-state index contributed by atoms with van der Waals surface area (Å²) in [5.41, 5.74) is 12.1. The highest BCUT2D eigenvalue weighted by Gasteiger charge is 2.09. The predicted octanol–water partition coefficient (Wildman–Crippen LogP) is 2.84. The van der Waals surface area contributed by atoms with Gasteiger partial charge in [-0.3, -0.25) is 0 Å². The van der Waals surface area contributed by atoms with Crippen LogP contribution in [-0.4, -0.2) is 13.2 Å². The van der Waals surface area contributed by atoms with Crippen molar-refractivity contribution in [1.82, 2.24) is 0 Å². The molecule has 18 heavy (non-hydrogen) atoms. The highest BCUT2D eigenvalue weighted by Crippen LogP contribution is 2.22. The summed E-state index contributed by atoms with van der Waals surface area (Å²) in [5.74, 6) is 0.145. The summed E-state index contributed by atoms with van der Waals surface area (Å²) in [5, 5.41) is 0. The Labute approximate surface area is 112 Å². The molecule has 1 aromatic rings. The van der Waals surface area contributed by atoms with E-state index in [4.69, 9.17) is 11.5 Å². The smallest absolute Gasteiger partial charge is 0.387 e. The Bertz CT molecular complexity index is 340. The van der Waals surface area contributed by atoms with E-state index >= 15 is 0 Å². The second-order valence-corrected chi connectivity index (χ2v) is 3.84. The van der Waals surface area contributed by atoms with Crippen molar-refractivity contribution in [3.63, 3.8) is 0 Å². The maximum absolute atomic E-state index is 12.0. The second-order valence-electron chi connectivity index (χ2n) is 3.84. The molecule has 0 saturated heterocycles. The molecule has 0 saturated carbocycles. The summed E-state index contributed by atoms with van der Waals surface area (Å²) in [6, 6.07) is 6.35. The van der Waals surface area contributed by atoms with E-state index < -0.39 is 6.61 Å². The first-order chi connectivity index (χ1) is 8.13. The van der Waals surface area contributed by atoms with Gasteiger partial charge < -0.3 is 16.2 Å². The fourth-order valence-corrected chi connectivity index (χ4v) is 1.60. The Morgan fingerprint density at radius 2 is 1.94 bits per heavy atom. The van der Waals surface area contributed by atoms with Gasteiger partial charge in [-0.15, -0.1) is 12.4 Å². The van der Waals surface area contributed by atoms with E-state index in [1.54, 1.807) is 12.1 Å². The van der Waals surface area contributed by atoms with Crippen LogP contribution in [0.15, 0.2) is 24.3 Å². The Hall–Kier alpha value is -0.910. The highest BCUT2D eigenvalue weighted by atomic mass is 35.5. The Morgan fingerprint density at radius 1 is 1.22 bits per heavy atom. The van der Waals surface area contributed by atoms with E-state index in [-0.39, 0.29) is 24.2 Å². The van der Waals surface area contributed by atoms with Crippen LogP contribution < -0.4 is 16.2 Å². The molecule has 0 radical (unpaired) electrons. The average Bonchev–Trinajstić information content (AvgIpc) is 2.28. The van der Waals surface area contributed by atoms with Crippen molar-refractivity contribution in [3.8, 4) is 5.75 Å². The number of rotatable bonds is 7. The van der Waals surface area contributed by atoms with Gasteiger partial charge in [-0.1, -0.05) is 18.6 Å². The molecule has 0 amide bonds. The van der Waals surface area contributed by atoms with Gasteiger partial charge in [0.25, 0.3) is 0 Å². The molecule has 1 rings (SSSR count). The Morgan fingerprint density at radius 3 is 2.56 bits per heavy atom. The second kappa shape index (κ2) is 9.08. The zero-order valence-corrected chi connectivity index (χ0v) is 10.8. The van der Waals surface area contributed by atoms with Crippen LogP contribution in [0.1, 0.15) is 30.9 Å². The van der Waals surface area contributed by atoms with E-state index in [0.29, 0.717) is 6.54 Å². The molecule has 1 aromatic carbocycles. The fraction of sp³-hybridized carbons (Fsp3) is 0.500. The van der Waals surface area contributed by atoms with Crippen molar-refractivity contribution >= 4 is 12.4 Å². The molecule has 6 heteroatoms. The molecule has 0 spiro atoms. The van der Waals surface area contributed by atoms with E-state index in [0.717, 1.165) is 24.8 Å². The first kappa shape index (κ1) is 17.1. The van der Waals surface area contributed by atoms with Crippen LogP contribution >= 0.6 is 12.4 Å². The summed E-state index contributed by atoms with van der Waals surface area (Å²) in [7, 11) is 0. The van der Waals surface area contributed by atoms with E-state index in [1.165, 1.54) is 6.07 Å². The lowest BCUT2D eigenvalue weighted by Gasteiger charge is -2.13. The minimum atomic E-state index is -2.81. The van der Waals surface area contributed by atoms with Crippen molar-refractivity contribution in [1.29, 1.82) is 0 Å². The quantitative estimate of drug-likeness (QED) is 0.755. The molecule has 0 aliphatic rings. The van der Waals surface area contributed by atoms with Crippen molar-refractivity contribution in [2.45, 2.75) is 31.9 Å². The van der Waals surface area contributed by atoms with Gasteiger partial charge in [0.05, 0.1) is 0 Å². The third-order valence-corrected chi connectivity index (χ3v) is 2.48. The number of halogens is 3. The van der Waals surface area contributed by atoms with Crippen molar-refractivity contribution < 1.29 is 13.5 Å². The van der Waals surface area contributed by atoms with Crippen LogP contribution in [0.4, 0.5) is 8.78 Å². The molecule has 0 bridgehead atoms. The number of alkyl halides is 2. The number of nitrogens with two attached hydrogens (primary N) is 2. The summed E-state index contributed by atoms with van der Waals surface area (Å²) in [4.78, 5) is 0. The molecule has 0 heterocycles. The van der Waals surface area contributed by atoms with E-state index in [9.17, 15) is 8.78 Å². The number of hydrogen-bond donors (Lipinski definition) is 2. The summed E-state index contributed by atoms with van der Waals surface area (Å²) < 4.78 is 28.4. The molecule has 4 N–H and O–H groups in total. The molecule has 3 nitrogen and oxygen atoms in total. The van der Waals surface area contributed by atoms with Crippen molar-refractivity contribution in [3.05, 3.63) is 29.8 Å². The van der Waals surface area contributed by atoms with Gasteiger partial charge in [0, 0.05) is 6.04 Å². The first-order valence-corrected chi connectivity index (χ1v) is 5.64.